The summed E-state index contributed by atoms with van der Waals surface area (Å²) in [7, 11) is 0. The molecule has 0 unspecified atom stereocenters. The van der Waals surface area contributed by atoms with E-state index in [0.29, 0.717) is 0 Å². The minimum atomic E-state index is 1.09. The van der Waals surface area contributed by atoms with Crippen LogP contribution in [0.25, 0.3) is 5.57 Å². The van der Waals surface area contributed by atoms with Crippen LogP contribution >= 0.6 is 0 Å². The molecule has 1 aliphatic carbocycles. The standard InChI is InChI=1S/C22H26/c1-4-11-20-15-9-10-16-22(20)18(3)17-21(12-5-2)19-13-7-6-8-14-19/h5,7,9-10,12-17H,3-4,6,8,11H2,1-2H3/b12-5-,21-17+. The highest BCUT2D eigenvalue weighted by molar-refractivity contribution is 5.77. The van der Waals surface area contributed by atoms with E-state index in [2.05, 4.69) is 81.1 Å². The number of hydrogen-bond acceptors (Lipinski definition) is 0. The normalized spacial score (nSPS) is 15.2. The summed E-state index contributed by atoms with van der Waals surface area (Å²) in [5.41, 5.74) is 6.30. The van der Waals surface area contributed by atoms with Crippen LogP contribution in [0.15, 0.2) is 78.4 Å². The average Bonchev–Trinajstić information content (AvgIpc) is 2.56. The average molecular weight is 290 g/mol. The van der Waals surface area contributed by atoms with Crippen molar-refractivity contribution in [2.45, 2.75) is 39.5 Å². The Bertz CT molecular complexity index is 636. The van der Waals surface area contributed by atoms with Gasteiger partial charge in [0.15, 0.2) is 0 Å². The van der Waals surface area contributed by atoms with Gasteiger partial charge in [0, 0.05) is 0 Å². The highest BCUT2D eigenvalue weighted by Gasteiger charge is 2.06. The van der Waals surface area contributed by atoms with Crippen molar-refractivity contribution in [1.29, 1.82) is 0 Å². The molecule has 1 aliphatic rings. The Kier molecular flexibility index (Phi) is 6.21. The summed E-state index contributed by atoms with van der Waals surface area (Å²) >= 11 is 0. The summed E-state index contributed by atoms with van der Waals surface area (Å²) < 4.78 is 0. The molecular weight excluding hydrogens is 264 g/mol. The molecule has 0 radical (unpaired) electrons. The molecule has 22 heavy (non-hydrogen) atoms. The van der Waals surface area contributed by atoms with Crippen LogP contribution in [0.1, 0.15) is 44.2 Å². The fourth-order valence-electron chi connectivity index (χ4n) is 2.82. The first-order valence-corrected chi connectivity index (χ1v) is 8.25. The zero-order valence-corrected chi connectivity index (χ0v) is 13.8. The Morgan fingerprint density at radius 1 is 1.23 bits per heavy atom. The second-order valence-corrected chi connectivity index (χ2v) is 5.67. The van der Waals surface area contributed by atoms with Crippen LogP contribution in [-0.2, 0) is 6.42 Å². The van der Waals surface area contributed by atoms with Gasteiger partial charge in [-0.05, 0) is 60.1 Å². The third kappa shape index (κ3) is 4.21. The van der Waals surface area contributed by atoms with Crippen LogP contribution < -0.4 is 0 Å². The molecule has 114 valence electrons. The molecule has 2 rings (SSSR count). The van der Waals surface area contributed by atoms with Crippen LogP contribution in [0.5, 0.6) is 0 Å². The predicted molar refractivity (Wildman–Crippen MR) is 98.8 cm³/mol. The molecule has 0 aromatic heterocycles. The molecule has 0 nitrogen and oxygen atoms in total. The zero-order valence-electron chi connectivity index (χ0n) is 13.8. The van der Waals surface area contributed by atoms with Gasteiger partial charge in [0.1, 0.15) is 0 Å². The third-order valence-corrected chi connectivity index (χ3v) is 3.89. The maximum Gasteiger partial charge on any atom is -0.0158 e. The molecule has 1 aromatic rings. The van der Waals surface area contributed by atoms with Crippen molar-refractivity contribution in [2.24, 2.45) is 0 Å². The maximum atomic E-state index is 4.32. The smallest absolute Gasteiger partial charge is 0.0158 e. The van der Waals surface area contributed by atoms with E-state index in [1.807, 2.05) is 0 Å². The number of benzene rings is 1. The largest absolute Gasteiger partial charge is 0.0911 e. The van der Waals surface area contributed by atoms with E-state index in [-0.39, 0.29) is 0 Å². The molecule has 0 N–H and O–H groups in total. The van der Waals surface area contributed by atoms with Crippen molar-refractivity contribution in [3.63, 3.8) is 0 Å². The molecule has 0 heteroatoms. The van der Waals surface area contributed by atoms with Gasteiger partial charge in [-0.3, -0.25) is 0 Å². The van der Waals surface area contributed by atoms with E-state index in [0.717, 1.165) is 31.3 Å². The van der Waals surface area contributed by atoms with Gasteiger partial charge in [0.05, 0.1) is 0 Å². The van der Waals surface area contributed by atoms with Crippen molar-refractivity contribution in [1.82, 2.24) is 0 Å². The van der Waals surface area contributed by atoms with Gasteiger partial charge in [-0.2, -0.15) is 0 Å². The van der Waals surface area contributed by atoms with E-state index in [9.17, 15) is 0 Å². The van der Waals surface area contributed by atoms with Crippen LogP contribution in [0.4, 0.5) is 0 Å². The van der Waals surface area contributed by atoms with Crippen LogP contribution in [-0.4, -0.2) is 0 Å². The topological polar surface area (TPSA) is 0 Å². The first-order valence-electron chi connectivity index (χ1n) is 8.25. The Labute approximate surface area is 135 Å². The Morgan fingerprint density at radius 2 is 2.05 bits per heavy atom. The molecular formula is C22H26. The van der Waals surface area contributed by atoms with E-state index in [4.69, 9.17) is 0 Å². The fraction of sp³-hybridized carbons (Fsp3) is 0.273. The zero-order chi connectivity index (χ0) is 15.8. The molecule has 0 amide bonds. The van der Waals surface area contributed by atoms with Crippen molar-refractivity contribution in [2.75, 3.05) is 0 Å². The van der Waals surface area contributed by atoms with E-state index >= 15 is 0 Å². The number of aryl methyl sites for hydroxylation is 1. The monoisotopic (exact) mass is 290 g/mol. The maximum absolute atomic E-state index is 4.32. The lowest BCUT2D eigenvalue weighted by atomic mass is 9.93. The van der Waals surface area contributed by atoms with Crippen LogP contribution in [0, 0.1) is 0 Å². The summed E-state index contributed by atoms with van der Waals surface area (Å²) in [6.07, 6.45) is 17.8. The van der Waals surface area contributed by atoms with Crippen LogP contribution in [0.3, 0.4) is 0 Å². The molecule has 0 fully saturated rings. The number of allylic oxidation sites excluding steroid dienone is 9. The molecule has 0 bridgehead atoms. The molecule has 0 saturated carbocycles. The van der Waals surface area contributed by atoms with E-state index < -0.39 is 0 Å². The number of hydrogen-bond donors (Lipinski definition) is 0. The van der Waals surface area contributed by atoms with E-state index in [1.54, 1.807) is 0 Å². The van der Waals surface area contributed by atoms with Crippen molar-refractivity contribution in [3.8, 4) is 0 Å². The van der Waals surface area contributed by atoms with Crippen molar-refractivity contribution in [3.05, 3.63) is 89.6 Å². The second kappa shape index (κ2) is 8.38. The number of rotatable bonds is 6. The van der Waals surface area contributed by atoms with Crippen molar-refractivity contribution >= 4 is 5.57 Å². The minimum absolute atomic E-state index is 1.09. The highest BCUT2D eigenvalue weighted by Crippen LogP contribution is 2.26. The van der Waals surface area contributed by atoms with Gasteiger partial charge in [-0.25, -0.2) is 0 Å². The Balaban J connectivity index is 2.34. The summed E-state index contributed by atoms with van der Waals surface area (Å²) in [6.45, 7) is 8.61. The molecule has 0 aliphatic heterocycles. The minimum Gasteiger partial charge on any atom is -0.0911 e. The quantitative estimate of drug-likeness (QED) is 0.529. The summed E-state index contributed by atoms with van der Waals surface area (Å²) in [5.74, 6) is 0. The summed E-state index contributed by atoms with van der Waals surface area (Å²) in [5, 5.41) is 0. The molecule has 0 atom stereocenters. The highest BCUT2D eigenvalue weighted by atomic mass is 14.1. The second-order valence-electron chi connectivity index (χ2n) is 5.67. The Morgan fingerprint density at radius 3 is 2.73 bits per heavy atom. The lowest BCUT2D eigenvalue weighted by Crippen LogP contribution is -1.93. The first-order chi connectivity index (χ1) is 10.8. The lowest BCUT2D eigenvalue weighted by molar-refractivity contribution is 0.919. The van der Waals surface area contributed by atoms with Gasteiger partial charge in [-0.15, -0.1) is 0 Å². The fourth-order valence-corrected chi connectivity index (χ4v) is 2.82. The molecule has 0 saturated heterocycles. The Hall–Kier alpha value is -2.08. The SMILES string of the molecule is C=C(/C=C(\C=C/C)C1=CCCC=C1)c1ccccc1CCC. The van der Waals surface area contributed by atoms with E-state index in [1.165, 1.54) is 22.3 Å². The first kappa shape index (κ1) is 16.3. The lowest BCUT2D eigenvalue weighted by Gasteiger charge is -2.12. The van der Waals surface area contributed by atoms with Gasteiger partial charge >= 0.3 is 0 Å². The van der Waals surface area contributed by atoms with Crippen LogP contribution in [0.2, 0.25) is 0 Å². The van der Waals surface area contributed by atoms with Gasteiger partial charge < -0.3 is 0 Å². The summed E-state index contributed by atoms with van der Waals surface area (Å²) in [4.78, 5) is 0. The third-order valence-electron chi connectivity index (χ3n) is 3.89. The molecule has 1 aromatic carbocycles. The molecule has 0 heterocycles. The van der Waals surface area contributed by atoms with Gasteiger partial charge in [-0.1, -0.05) is 74.6 Å². The van der Waals surface area contributed by atoms with Crippen molar-refractivity contribution < 1.29 is 0 Å². The summed E-state index contributed by atoms with van der Waals surface area (Å²) in [6, 6.07) is 8.61. The molecule has 0 spiro atoms. The van der Waals surface area contributed by atoms with Gasteiger partial charge in [0.25, 0.3) is 0 Å². The van der Waals surface area contributed by atoms with Gasteiger partial charge in [0.2, 0.25) is 0 Å². The predicted octanol–water partition coefficient (Wildman–Crippen LogP) is 6.43.